The molecule has 0 bridgehead atoms. The largest absolute Gasteiger partial charge is 0.481 e. The number of hydrogen-bond donors (Lipinski definition) is 3. The van der Waals surface area contributed by atoms with E-state index in [1.807, 2.05) is 0 Å². The molecule has 2 atom stereocenters. The van der Waals surface area contributed by atoms with Gasteiger partial charge in [-0.3, -0.25) is 9.59 Å². The number of nitrogens with one attached hydrogen (secondary N) is 2. The van der Waals surface area contributed by atoms with Crippen LogP contribution >= 0.6 is 0 Å². The molecule has 1 fully saturated rings. The minimum atomic E-state index is -0.928. The summed E-state index contributed by atoms with van der Waals surface area (Å²) in [4.78, 5) is 22.6. The lowest BCUT2D eigenvalue weighted by molar-refractivity contribution is -0.139. The van der Waals surface area contributed by atoms with Gasteiger partial charge in [-0.1, -0.05) is 0 Å². The highest BCUT2D eigenvalue weighted by atomic mass is 16.5. The molecule has 17 heavy (non-hydrogen) atoms. The smallest absolute Gasteiger partial charge is 0.305 e. The molecule has 0 aliphatic carbocycles. The number of rotatable bonds is 5. The summed E-state index contributed by atoms with van der Waals surface area (Å²) in [5.74, 6) is -1.34. The Kier molecular flexibility index (Phi) is 4.47. The molecule has 2 unspecified atom stereocenters. The fourth-order valence-corrected chi connectivity index (χ4v) is 1.95. The third-order valence-electron chi connectivity index (χ3n) is 2.84. The summed E-state index contributed by atoms with van der Waals surface area (Å²) in [5, 5.41) is 14.5. The minimum Gasteiger partial charge on any atom is -0.481 e. The van der Waals surface area contributed by atoms with Gasteiger partial charge in [0, 0.05) is 11.6 Å². The van der Waals surface area contributed by atoms with E-state index in [1.165, 1.54) is 0 Å². The summed E-state index contributed by atoms with van der Waals surface area (Å²) in [7, 11) is 1.78. The van der Waals surface area contributed by atoms with Crippen molar-refractivity contribution in [3.05, 3.63) is 0 Å². The third-order valence-corrected chi connectivity index (χ3v) is 2.84. The Balaban J connectivity index is 2.56. The predicted octanol–water partition coefficient (Wildman–Crippen LogP) is -0.410. The molecule has 6 nitrogen and oxygen atoms in total. The number of likely N-dealkylation sites (N-methyl/N-ethyl adjacent to an activating group) is 1. The molecule has 0 spiro atoms. The van der Waals surface area contributed by atoms with Crippen molar-refractivity contribution in [3.63, 3.8) is 0 Å². The van der Waals surface area contributed by atoms with E-state index in [1.54, 1.807) is 20.9 Å². The fraction of sp³-hybridized carbons (Fsp3) is 0.818. The van der Waals surface area contributed by atoms with Gasteiger partial charge in [-0.15, -0.1) is 0 Å². The molecule has 1 aliphatic heterocycles. The Bertz CT molecular complexity index is 304. The van der Waals surface area contributed by atoms with Gasteiger partial charge in [0.1, 0.15) is 0 Å². The zero-order chi connectivity index (χ0) is 13.1. The molecule has 1 saturated heterocycles. The average molecular weight is 244 g/mol. The van der Waals surface area contributed by atoms with E-state index in [-0.39, 0.29) is 24.3 Å². The lowest BCUT2D eigenvalue weighted by Crippen LogP contribution is -2.51. The summed E-state index contributed by atoms with van der Waals surface area (Å²) in [6.07, 6.45) is -0.101. The molecule has 0 aromatic rings. The number of hydrogen-bond acceptors (Lipinski definition) is 4. The number of ether oxygens (including phenoxy) is 1. The molecule has 1 heterocycles. The van der Waals surface area contributed by atoms with Gasteiger partial charge in [0.15, 0.2) is 0 Å². The molecular weight excluding hydrogens is 224 g/mol. The van der Waals surface area contributed by atoms with Crippen LogP contribution in [-0.2, 0) is 14.3 Å². The molecule has 1 rings (SSSR count). The van der Waals surface area contributed by atoms with E-state index in [0.29, 0.717) is 13.2 Å². The SMILES string of the molecule is CNC1COCC1C(=O)NC(C)(C)CC(=O)O. The Labute approximate surface area is 101 Å². The Morgan fingerprint density at radius 2 is 2.06 bits per heavy atom. The molecular formula is C11H20N2O4. The van der Waals surface area contributed by atoms with Gasteiger partial charge in [0.25, 0.3) is 0 Å². The van der Waals surface area contributed by atoms with E-state index in [0.717, 1.165) is 0 Å². The van der Waals surface area contributed by atoms with E-state index < -0.39 is 11.5 Å². The second-order valence-electron chi connectivity index (χ2n) is 4.98. The lowest BCUT2D eigenvalue weighted by atomic mass is 9.97. The molecule has 3 N–H and O–H groups in total. The lowest BCUT2D eigenvalue weighted by Gasteiger charge is -2.27. The molecule has 1 aliphatic rings. The van der Waals surface area contributed by atoms with Crippen molar-refractivity contribution in [2.24, 2.45) is 5.92 Å². The van der Waals surface area contributed by atoms with E-state index in [4.69, 9.17) is 9.84 Å². The average Bonchev–Trinajstić information content (AvgIpc) is 2.61. The second kappa shape index (κ2) is 5.46. The fourth-order valence-electron chi connectivity index (χ4n) is 1.95. The number of carboxylic acids is 1. The van der Waals surface area contributed by atoms with Gasteiger partial charge >= 0.3 is 5.97 Å². The Hall–Kier alpha value is -1.14. The molecule has 0 saturated carbocycles. The standard InChI is InChI=1S/C11H20N2O4/c1-11(2,4-9(14)15)13-10(16)7-5-17-6-8(7)12-3/h7-8,12H,4-6H2,1-3H3,(H,13,16)(H,14,15). The highest BCUT2D eigenvalue weighted by molar-refractivity contribution is 5.81. The summed E-state index contributed by atoms with van der Waals surface area (Å²) >= 11 is 0. The van der Waals surface area contributed by atoms with Crippen LogP contribution in [0.2, 0.25) is 0 Å². The maximum absolute atomic E-state index is 12.0. The first-order valence-electron chi connectivity index (χ1n) is 5.64. The van der Waals surface area contributed by atoms with Crippen LogP contribution in [0.15, 0.2) is 0 Å². The van der Waals surface area contributed by atoms with Crippen molar-refractivity contribution >= 4 is 11.9 Å². The Morgan fingerprint density at radius 3 is 2.59 bits per heavy atom. The quantitative estimate of drug-likeness (QED) is 0.612. The van der Waals surface area contributed by atoms with Gasteiger partial charge in [0.2, 0.25) is 5.91 Å². The highest BCUT2D eigenvalue weighted by Crippen LogP contribution is 2.16. The molecule has 0 radical (unpaired) electrons. The van der Waals surface area contributed by atoms with Crippen LogP contribution in [0.25, 0.3) is 0 Å². The first-order chi connectivity index (χ1) is 7.85. The van der Waals surface area contributed by atoms with E-state index in [9.17, 15) is 9.59 Å². The molecule has 6 heteroatoms. The van der Waals surface area contributed by atoms with Gasteiger partial charge in [-0.25, -0.2) is 0 Å². The van der Waals surface area contributed by atoms with Crippen LogP contribution in [-0.4, -0.2) is 48.8 Å². The Morgan fingerprint density at radius 1 is 1.41 bits per heavy atom. The molecule has 98 valence electrons. The molecule has 0 aromatic carbocycles. The summed E-state index contributed by atoms with van der Waals surface area (Å²) in [5.41, 5.74) is -0.746. The van der Waals surface area contributed by atoms with Gasteiger partial charge < -0.3 is 20.5 Å². The maximum Gasteiger partial charge on any atom is 0.305 e. The monoisotopic (exact) mass is 244 g/mol. The first-order valence-corrected chi connectivity index (χ1v) is 5.64. The van der Waals surface area contributed by atoms with Crippen LogP contribution in [0.5, 0.6) is 0 Å². The van der Waals surface area contributed by atoms with Crippen LogP contribution in [0.4, 0.5) is 0 Å². The van der Waals surface area contributed by atoms with Crippen LogP contribution in [0.1, 0.15) is 20.3 Å². The predicted molar refractivity (Wildman–Crippen MR) is 61.6 cm³/mol. The summed E-state index contributed by atoms with van der Waals surface area (Å²) in [6, 6.07) is -0.00405. The zero-order valence-corrected chi connectivity index (χ0v) is 10.4. The first kappa shape index (κ1) is 13.9. The van der Waals surface area contributed by atoms with E-state index in [2.05, 4.69) is 10.6 Å². The number of carboxylic acid groups (broad SMARTS) is 1. The number of carbonyl (C=O) groups is 2. The highest BCUT2D eigenvalue weighted by Gasteiger charge is 2.35. The topological polar surface area (TPSA) is 87.7 Å². The van der Waals surface area contributed by atoms with Crippen molar-refractivity contribution in [1.82, 2.24) is 10.6 Å². The zero-order valence-electron chi connectivity index (χ0n) is 10.4. The normalized spacial score (nSPS) is 24.6. The van der Waals surface area contributed by atoms with Crippen LogP contribution < -0.4 is 10.6 Å². The maximum atomic E-state index is 12.0. The summed E-state index contributed by atoms with van der Waals surface area (Å²) in [6.45, 7) is 4.28. The van der Waals surface area contributed by atoms with Crippen molar-refractivity contribution in [1.29, 1.82) is 0 Å². The van der Waals surface area contributed by atoms with Gasteiger partial charge in [0.05, 0.1) is 25.6 Å². The third kappa shape index (κ3) is 3.98. The van der Waals surface area contributed by atoms with Gasteiger partial charge in [-0.05, 0) is 20.9 Å². The van der Waals surface area contributed by atoms with Crippen molar-refractivity contribution < 1.29 is 19.4 Å². The van der Waals surface area contributed by atoms with Crippen LogP contribution in [0, 0.1) is 5.92 Å². The molecule has 0 aromatic heterocycles. The number of aliphatic carboxylic acids is 1. The minimum absolute atomic E-state index is 0.00405. The van der Waals surface area contributed by atoms with Crippen molar-refractivity contribution in [3.8, 4) is 0 Å². The van der Waals surface area contributed by atoms with Crippen LogP contribution in [0.3, 0.4) is 0 Å². The van der Waals surface area contributed by atoms with Crippen molar-refractivity contribution in [2.75, 3.05) is 20.3 Å². The summed E-state index contributed by atoms with van der Waals surface area (Å²) < 4.78 is 5.24. The molecule has 1 amide bonds. The van der Waals surface area contributed by atoms with E-state index >= 15 is 0 Å². The number of amides is 1. The second-order valence-corrected chi connectivity index (χ2v) is 4.98. The van der Waals surface area contributed by atoms with Crippen molar-refractivity contribution in [2.45, 2.75) is 31.8 Å². The van der Waals surface area contributed by atoms with Gasteiger partial charge in [-0.2, -0.15) is 0 Å². The number of carbonyl (C=O) groups excluding carboxylic acids is 1.